The largest absolute Gasteiger partial charge is 0.457 e. The van der Waals surface area contributed by atoms with Gasteiger partial charge in [0.1, 0.15) is 11.9 Å². The number of nitrogens with zero attached hydrogens (tertiary/aromatic N) is 1. The van der Waals surface area contributed by atoms with Crippen LogP contribution in [0.5, 0.6) is 0 Å². The number of esters is 1. The molecule has 0 amide bonds. The van der Waals surface area contributed by atoms with Crippen molar-refractivity contribution in [3.05, 3.63) is 47.3 Å². The first-order valence-corrected chi connectivity index (χ1v) is 13.3. The Morgan fingerprint density at radius 1 is 1.30 bits per heavy atom. The number of aliphatic hydroxyl groups is 2. The molecular weight excluding hydrogens is 466 g/mol. The van der Waals surface area contributed by atoms with E-state index >= 15 is 0 Å². The van der Waals surface area contributed by atoms with Crippen molar-refractivity contribution in [1.82, 2.24) is 4.98 Å². The fraction of sp³-hybridized carbons (Fsp3) is 0.581. The third-order valence-electron chi connectivity index (χ3n) is 7.52. The summed E-state index contributed by atoms with van der Waals surface area (Å²) < 4.78 is 5.84. The van der Waals surface area contributed by atoms with Crippen molar-refractivity contribution in [2.75, 3.05) is 0 Å². The van der Waals surface area contributed by atoms with E-state index in [-0.39, 0.29) is 18.1 Å². The number of ether oxygens (including phenoxy) is 1. The number of aliphatic hydroxyl groups excluding tert-OH is 2. The van der Waals surface area contributed by atoms with Gasteiger partial charge in [0.2, 0.25) is 0 Å². The van der Waals surface area contributed by atoms with Gasteiger partial charge >= 0.3 is 5.97 Å². The van der Waals surface area contributed by atoms with Gasteiger partial charge in [-0.2, -0.15) is 0 Å². The van der Waals surface area contributed by atoms with Gasteiger partial charge in [0.25, 0.3) is 0 Å². The van der Waals surface area contributed by atoms with Crippen LogP contribution in [0.3, 0.4) is 0 Å². The SMILES string of the molecule is C#CCC[C@H]1C(=O)C(C)(C)[C@H](O)CC(=O)O[C@H](/C(C)=C/c2ccccn2)C/C=C(/C)CCC[C@H](C)[C@@H]1O. The molecule has 0 saturated heterocycles. The Hall–Kier alpha value is -2.75. The first kappa shape index (κ1) is 30.5. The molecule has 2 N–H and O–H groups in total. The Kier molecular flexibility index (Phi) is 11.7. The molecule has 37 heavy (non-hydrogen) atoms. The summed E-state index contributed by atoms with van der Waals surface area (Å²) in [6, 6.07) is 5.62. The third kappa shape index (κ3) is 8.94. The zero-order valence-electron chi connectivity index (χ0n) is 22.9. The maximum atomic E-state index is 13.6. The summed E-state index contributed by atoms with van der Waals surface area (Å²) in [5.74, 6) is 0.865. The molecule has 0 aromatic carbocycles. The second-order valence-corrected chi connectivity index (χ2v) is 10.9. The predicted octanol–water partition coefficient (Wildman–Crippen LogP) is 5.29. The third-order valence-corrected chi connectivity index (χ3v) is 7.52. The van der Waals surface area contributed by atoms with Crippen LogP contribution in [0.15, 0.2) is 41.6 Å². The lowest BCUT2D eigenvalue weighted by atomic mass is 9.71. The Bertz CT molecular complexity index is 1000. The van der Waals surface area contributed by atoms with Crippen molar-refractivity contribution in [2.45, 2.75) is 97.9 Å². The number of allylic oxidation sites excluding steroid dienone is 1. The van der Waals surface area contributed by atoms with E-state index in [0.717, 1.165) is 30.5 Å². The molecule has 1 aromatic rings. The first-order valence-electron chi connectivity index (χ1n) is 13.3. The van der Waals surface area contributed by atoms with Gasteiger partial charge in [-0.25, -0.2) is 0 Å². The number of cyclic esters (lactones) is 1. The average molecular weight is 510 g/mol. The Balaban J connectivity index is 2.38. The maximum absolute atomic E-state index is 13.6. The highest BCUT2D eigenvalue weighted by Gasteiger charge is 2.43. The first-order chi connectivity index (χ1) is 17.5. The molecule has 0 fully saturated rings. The summed E-state index contributed by atoms with van der Waals surface area (Å²) in [7, 11) is 0. The van der Waals surface area contributed by atoms with Crippen molar-refractivity contribution in [3.8, 4) is 12.3 Å². The number of Topliss-reactive ketones (excluding diaryl/α,β-unsaturated/α-hetero) is 1. The Morgan fingerprint density at radius 2 is 2.03 bits per heavy atom. The van der Waals surface area contributed by atoms with E-state index in [1.165, 1.54) is 5.57 Å². The van der Waals surface area contributed by atoms with Crippen LogP contribution in [0.1, 0.15) is 85.3 Å². The summed E-state index contributed by atoms with van der Waals surface area (Å²) in [6.45, 7) is 9.13. The summed E-state index contributed by atoms with van der Waals surface area (Å²) in [6.07, 6.45) is 11.8. The molecule has 2 rings (SSSR count). The summed E-state index contributed by atoms with van der Waals surface area (Å²) in [4.78, 5) is 30.9. The van der Waals surface area contributed by atoms with Crippen LogP contribution >= 0.6 is 0 Å². The van der Waals surface area contributed by atoms with E-state index in [4.69, 9.17) is 11.2 Å². The van der Waals surface area contributed by atoms with Gasteiger partial charge in [0, 0.05) is 25.0 Å². The summed E-state index contributed by atoms with van der Waals surface area (Å²) in [5.41, 5.74) is 1.51. The molecule has 0 saturated carbocycles. The fourth-order valence-corrected chi connectivity index (χ4v) is 4.75. The molecule has 0 unspecified atom stereocenters. The molecule has 5 atom stereocenters. The Labute approximate surface area is 222 Å². The van der Waals surface area contributed by atoms with E-state index in [2.05, 4.69) is 17.0 Å². The van der Waals surface area contributed by atoms with Crippen molar-refractivity contribution in [3.63, 3.8) is 0 Å². The molecule has 6 heteroatoms. The minimum atomic E-state index is -1.27. The van der Waals surface area contributed by atoms with E-state index in [1.807, 2.05) is 45.0 Å². The van der Waals surface area contributed by atoms with Crippen LogP contribution in [0.2, 0.25) is 0 Å². The highest BCUT2D eigenvalue weighted by atomic mass is 16.5. The summed E-state index contributed by atoms with van der Waals surface area (Å²) in [5, 5.41) is 22.1. The molecule has 0 radical (unpaired) electrons. The van der Waals surface area contributed by atoms with Crippen LogP contribution in [0.4, 0.5) is 0 Å². The molecule has 202 valence electrons. The van der Waals surface area contributed by atoms with Crippen molar-refractivity contribution in [1.29, 1.82) is 0 Å². The number of hydrogen-bond donors (Lipinski definition) is 2. The number of aromatic nitrogens is 1. The van der Waals surface area contributed by atoms with Gasteiger partial charge in [0.15, 0.2) is 0 Å². The number of carbonyl (C=O) groups excluding carboxylic acids is 2. The van der Waals surface area contributed by atoms with Gasteiger partial charge in [-0.1, -0.05) is 38.5 Å². The minimum Gasteiger partial charge on any atom is -0.457 e. The van der Waals surface area contributed by atoms with E-state index in [9.17, 15) is 19.8 Å². The quantitative estimate of drug-likeness (QED) is 0.325. The van der Waals surface area contributed by atoms with Gasteiger partial charge in [-0.15, -0.1) is 12.3 Å². The summed E-state index contributed by atoms with van der Waals surface area (Å²) >= 11 is 0. The van der Waals surface area contributed by atoms with Gasteiger partial charge in [-0.05, 0) is 69.2 Å². The fourth-order valence-electron chi connectivity index (χ4n) is 4.75. The number of terminal acetylenes is 1. The van der Waals surface area contributed by atoms with E-state index in [0.29, 0.717) is 19.3 Å². The molecule has 1 aliphatic rings. The van der Waals surface area contributed by atoms with Crippen molar-refractivity contribution in [2.24, 2.45) is 17.3 Å². The average Bonchev–Trinajstić information content (AvgIpc) is 2.86. The van der Waals surface area contributed by atoms with Crippen LogP contribution in [0.25, 0.3) is 6.08 Å². The number of rotatable bonds is 4. The Morgan fingerprint density at radius 3 is 2.68 bits per heavy atom. The second kappa shape index (κ2) is 14.3. The van der Waals surface area contributed by atoms with Crippen LogP contribution in [-0.2, 0) is 14.3 Å². The molecular formula is C31H43NO5. The molecule has 2 heterocycles. The smallest absolute Gasteiger partial charge is 0.309 e. The molecule has 6 nitrogen and oxygen atoms in total. The highest BCUT2D eigenvalue weighted by molar-refractivity contribution is 5.88. The second-order valence-electron chi connectivity index (χ2n) is 10.9. The van der Waals surface area contributed by atoms with E-state index < -0.39 is 35.6 Å². The number of pyridine rings is 1. The predicted molar refractivity (Wildman–Crippen MR) is 146 cm³/mol. The van der Waals surface area contributed by atoms with Crippen molar-refractivity contribution >= 4 is 17.8 Å². The maximum Gasteiger partial charge on any atom is 0.309 e. The van der Waals surface area contributed by atoms with Crippen molar-refractivity contribution < 1.29 is 24.5 Å². The molecule has 0 aliphatic carbocycles. The number of carbonyl (C=O) groups is 2. The molecule has 1 aliphatic heterocycles. The molecule has 0 bridgehead atoms. The van der Waals surface area contributed by atoms with Gasteiger partial charge in [0.05, 0.1) is 29.7 Å². The van der Waals surface area contributed by atoms with Crippen LogP contribution in [0, 0.1) is 29.6 Å². The number of hydrogen-bond acceptors (Lipinski definition) is 6. The molecule has 1 aromatic heterocycles. The molecule has 0 spiro atoms. The van der Waals surface area contributed by atoms with E-state index in [1.54, 1.807) is 20.0 Å². The minimum absolute atomic E-state index is 0.110. The van der Waals surface area contributed by atoms with Gasteiger partial charge in [-0.3, -0.25) is 14.6 Å². The topological polar surface area (TPSA) is 96.7 Å². The van der Waals surface area contributed by atoms with Gasteiger partial charge < -0.3 is 14.9 Å². The van der Waals surface area contributed by atoms with Crippen LogP contribution in [-0.4, -0.2) is 45.3 Å². The zero-order valence-corrected chi connectivity index (χ0v) is 22.9. The zero-order chi connectivity index (χ0) is 27.6. The lowest BCUT2D eigenvalue weighted by Gasteiger charge is -2.36. The standard InChI is InChI=1S/C31H43NO5/c1-7-8-15-25-29(35)22(3)13-11-12-21(2)16-17-26(23(4)19-24-14-9-10-18-32-24)37-28(34)20-27(33)31(5,6)30(25)36/h1,9-10,14,16,18-19,22,25-27,29,33,35H,8,11-13,15,17,20H2,2-6H3/b21-16-,23-19+/t22-,25+,26-,27+,29-/m0/s1. The highest BCUT2D eigenvalue weighted by Crippen LogP contribution is 2.34. The number of ketones is 1. The van der Waals surface area contributed by atoms with Crippen LogP contribution < -0.4 is 0 Å². The normalized spacial score (nSPS) is 30.1. The lowest BCUT2D eigenvalue weighted by Crippen LogP contribution is -2.46. The monoisotopic (exact) mass is 509 g/mol. The lowest BCUT2D eigenvalue weighted by molar-refractivity contribution is -0.154.